The van der Waals surface area contributed by atoms with Crippen molar-refractivity contribution < 1.29 is 9.53 Å². The highest BCUT2D eigenvalue weighted by atomic mass is 16.5. The molecule has 24 heavy (non-hydrogen) atoms. The Kier molecular flexibility index (Phi) is 4.67. The molecule has 1 heterocycles. The molecular formula is C18H16N4O2. The number of methoxy groups -OCH3 is 1. The summed E-state index contributed by atoms with van der Waals surface area (Å²) in [5.74, 6) is 0.578. The van der Waals surface area contributed by atoms with E-state index < -0.39 is 6.03 Å². The first-order valence-electron chi connectivity index (χ1n) is 7.35. The van der Waals surface area contributed by atoms with Crippen LogP contribution in [0.4, 0.5) is 10.5 Å². The number of urea groups is 1. The Bertz CT molecular complexity index is 884. The number of nitrogens with zero attached hydrogens (tertiary/aromatic N) is 3. The van der Waals surface area contributed by atoms with Crippen molar-refractivity contribution in [2.24, 2.45) is 4.99 Å². The molecule has 0 atom stereocenters. The van der Waals surface area contributed by atoms with E-state index in [-0.39, 0.29) is 0 Å². The van der Waals surface area contributed by atoms with Crippen molar-refractivity contribution in [3.8, 4) is 11.4 Å². The van der Waals surface area contributed by atoms with Crippen LogP contribution in [-0.2, 0) is 0 Å². The molecule has 1 aromatic heterocycles. The van der Waals surface area contributed by atoms with Crippen LogP contribution >= 0.6 is 0 Å². The van der Waals surface area contributed by atoms with Crippen LogP contribution in [0.15, 0.2) is 78.0 Å². The number of hydrogen-bond acceptors (Lipinski definition) is 3. The molecule has 0 aliphatic rings. The van der Waals surface area contributed by atoms with Crippen LogP contribution in [0.5, 0.6) is 5.75 Å². The van der Waals surface area contributed by atoms with Gasteiger partial charge in [-0.2, -0.15) is 10.1 Å². The Morgan fingerprint density at radius 3 is 2.54 bits per heavy atom. The number of anilines is 1. The van der Waals surface area contributed by atoms with Gasteiger partial charge in [-0.15, -0.1) is 0 Å². The SMILES string of the molecule is COc1ccccc1NC(=O)N=c1ccn(-c2ccccc2)nc1. The lowest BCUT2D eigenvalue weighted by atomic mass is 10.3. The number of para-hydroxylation sites is 3. The molecule has 2 aromatic carbocycles. The van der Waals surface area contributed by atoms with Crippen molar-refractivity contribution in [2.45, 2.75) is 0 Å². The van der Waals surface area contributed by atoms with Crippen molar-refractivity contribution in [2.75, 3.05) is 12.4 Å². The minimum absolute atomic E-state index is 0.467. The van der Waals surface area contributed by atoms with Crippen molar-refractivity contribution in [3.63, 3.8) is 0 Å². The number of carbonyl (C=O) groups is 1. The maximum atomic E-state index is 12.0. The van der Waals surface area contributed by atoms with Gasteiger partial charge in [-0.25, -0.2) is 9.48 Å². The third-order valence-electron chi connectivity index (χ3n) is 3.30. The molecule has 0 unspecified atom stereocenters. The molecule has 1 N–H and O–H groups in total. The van der Waals surface area contributed by atoms with Crippen LogP contribution < -0.4 is 15.4 Å². The Morgan fingerprint density at radius 2 is 1.83 bits per heavy atom. The smallest absolute Gasteiger partial charge is 0.346 e. The van der Waals surface area contributed by atoms with E-state index in [9.17, 15) is 4.79 Å². The van der Waals surface area contributed by atoms with Gasteiger partial charge >= 0.3 is 6.03 Å². The summed E-state index contributed by atoms with van der Waals surface area (Å²) < 4.78 is 6.89. The highest BCUT2D eigenvalue weighted by Gasteiger charge is 2.05. The Balaban J connectivity index is 1.77. The summed E-state index contributed by atoms with van der Waals surface area (Å²) in [7, 11) is 1.55. The number of benzene rings is 2. The highest BCUT2D eigenvalue weighted by Crippen LogP contribution is 2.22. The van der Waals surface area contributed by atoms with E-state index in [0.717, 1.165) is 5.69 Å². The van der Waals surface area contributed by atoms with Crippen molar-refractivity contribution in [1.82, 2.24) is 9.78 Å². The van der Waals surface area contributed by atoms with E-state index >= 15 is 0 Å². The van der Waals surface area contributed by atoms with Gasteiger partial charge in [-0.05, 0) is 30.3 Å². The van der Waals surface area contributed by atoms with Gasteiger partial charge in [-0.3, -0.25) is 0 Å². The topological polar surface area (TPSA) is 68.5 Å². The number of carbonyl (C=O) groups excluding carboxylic acids is 1. The quantitative estimate of drug-likeness (QED) is 0.806. The summed E-state index contributed by atoms with van der Waals surface area (Å²) >= 11 is 0. The predicted molar refractivity (Wildman–Crippen MR) is 91.1 cm³/mol. The molecule has 0 aliphatic heterocycles. The lowest BCUT2D eigenvalue weighted by molar-refractivity contribution is 0.259. The van der Waals surface area contributed by atoms with E-state index in [1.165, 1.54) is 6.20 Å². The average molecular weight is 320 g/mol. The Labute approximate surface area is 139 Å². The summed E-state index contributed by atoms with van der Waals surface area (Å²) in [4.78, 5) is 16.0. The van der Waals surface area contributed by atoms with Crippen LogP contribution in [0.25, 0.3) is 5.69 Å². The summed E-state index contributed by atoms with van der Waals surface area (Å²) in [6.07, 6.45) is 3.29. The molecular weight excluding hydrogens is 304 g/mol. The second-order valence-electron chi connectivity index (χ2n) is 4.91. The van der Waals surface area contributed by atoms with Gasteiger partial charge in [0.2, 0.25) is 0 Å². The molecule has 6 nitrogen and oxygen atoms in total. The van der Waals surface area contributed by atoms with Crippen molar-refractivity contribution >= 4 is 11.7 Å². The largest absolute Gasteiger partial charge is 0.495 e. The number of nitrogens with one attached hydrogen (secondary N) is 1. The monoisotopic (exact) mass is 320 g/mol. The van der Waals surface area contributed by atoms with Crippen LogP contribution in [-0.4, -0.2) is 22.9 Å². The predicted octanol–water partition coefficient (Wildman–Crippen LogP) is 3.01. The molecule has 0 spiro atoms. The summed E-state index contributed by atoms with van der Waals surface area (Å²) in [5, 5.41) is 7.42. The fourth-order valence-corrected chi connectivity index (χ4v) is 2.16. The molecule has 0 bridgehead atoms. The molecule has 3 rings (SSSR count). The first-order chi connectivity index (χ1) is 11.8. The first-order valence-corrected chi connectivity index (χ1v) is 7.35. The van der Waals surface area contributed by atoms with E-state index in [0.29, 0.717) is 16.8 Å². The van der Waals surface area contributed by atoms with Gasteiger partial charge in [0.25, 0.3) is 0 Å². The number of hydrogen-bond donors (Lipinski definition) is 1. The standard InChI is InChI=1S/C18H16N4O2/c1-24-17-10-6-5-9-16(17)21-18(23)20-14-11-12-22(19-13-14)15-7-3-2-4-8-15/h2-13H,1H3,(H,21,23). The second kappa shape index (κ2) is 7.23. The molecule has 0 aliphatic carbocycles. The van der Waals surface area contributed by atoms with E-state index in [1.807, 2.05) is 42.5 Å². The molecule has 3 aromatic rings. The first kappa shape index (κ1) is 15.5. The summed E-state index contributed by atoms with van der Waals surface area (Å²) in [5.41, 5.74) is 1.50. The third kappa shape index (κ3) is 3.67. The van der Waals surface area contributed by atoms with Crippen LogP contribution in [0.3, 0.4) is 0 Å². The molecule has 2 amide bonds. The zero-order valence-corrected chi connectivity index (χ0v) is 13.1. The Morgan fingerprint density at radius 1 is 1.08 bits per heavy atom. The van der Waals surface area contributed by atoms with E-state index in [4.69, 9.17) is 4.74 Å². The number of ether oxygens (including phenoxy) is 1. The average Bonchev–Trinajstić information content (AvgIpc) is 2.63. The van der Waals surface area contributed by atoms with Gasteiger partial charge < -0.3 is 10.1 Å². The van der Waals surface area contributed by atoms with Gasteiger partial charge in [0.15, 0.2) is 0 Å². The Hall–Kier alpha value is -3.41. The van der Waals surface area contributed by atoms with E-state index in [2.05, 4.69) is 15.4 Å². The molecule has 0 saturated heterocycles. The second-order valence-corrected chi connectivity index (χ2v) is 4.91. The molecule has 120 valence electrons. The fourth-order valence-electron chi connectivity index (χ4n) is 2.16. The van der Waals surface area contributed by atoms with Crippen molar-refractivity contribution in [3.05, 3.63) is 78.4 Å². The number of amides is 2. The minimum Gasteiger partial charge on any atom is -0.495 e. The van der Waals surface area contributed by atoms with Crippen molar-refractivity contribution in [1.29, 1.82) is 0 Å². The molecule has 0 radical (unpaired) electrons. The van der Waals surface area contributed by atoms with Gasteiger partial charge in [0.1, 0.15) is 5.75 Å². The third-order valence-corrected chi connectivity index (χ3v) is 3.30. The van der Waals surface area contributed by atoms with Crippen LogP contribution in [0, 0.1) is 0 Å². The zero-order valence-electron chi connectivity index (χ0n) is 13.1. The molecule has 0 fully saturated rings. The highest BCUT2D eigenvalue weighted by molar-refractivity contribution is 5.91. The maximum absolute atomic E-state index is 12.0. The lowest BCUT2D eigenvalue weighted by Gasteiger charge is -2.07. The van der Waals surface area contributed by atoms with Gasteiger partial charge in [0.05, 0.1) is 30.0 Å². The molecule has 6 heteroatoms. The fraction of sp³-hybridized carbons (Fsp3) is 0.0556. The zero-order chi connectivity index (χ0) is 16.8. The number of aromatic nitrogens is 2. The summed E-state index contributed by atoms with van der Waals surface area (Å²) in [6, 6.07) is 18.1. The van der Waals surface area contributed by atoms with Crippen LogP contribution in [0.1, 0.15) is 0 Å². The van der Waals surface area contributed by atoms with Crippen LogP contribution in [0.2, 0.25) is 0 Å². The normalized spacial score (nSPS) is 11.1. The minimum atomic E-state index is -0.487. The van der Waals surface area contributed by atoms with Gasteiger partial charge in [-0.1, -0.05) is 30.3 Å². The van der Waals surface area contributed by atoms with Gasteiger partial charge in [0, 0.05) is 6.20 Å². The van der Waals surface area contributed by atoms with E-state index in [1.54, 1.807) is 36.2 Å². The lowest BCUT2D eigenvalue weighted by Crippen LogP contribution is -2.15. The maximum Gasteiger partial charge on any atom is 0.346 e. The summed E-state index contributed by atoms with van der Waals surface area (Å²) in [6.45, 7) is 0. The molecule has 0 saturated carbocycles. The number of rotatable bonds is 3.